The monoisotopic (exact) mass is 244 g/mol. The summed E-state index contributed by atoms with van der Waals surface area (Å²) >= 11 is 5.68. The molecule has 0 aliphatic heterocycles. The Bertz CT molecular complexity index is 342. The van der Waals surface area contributed by atoms with E-state index in [2.05, 4.69) is 10.6 Å². The molecule has 16 heavy (non-hydrogen) atoms. The molecular weight excluding hydrogens is 232 g/mol. The minimum absolute atomic E-state index is 0.00404. The molecule has 0 bridgehead atoms. The van der Waals surface area contributed by atoms with Crippen molar-refractivity contribution < 1.29 is 15.0 Å². The van der Waals surface area contributed by atoms with E-state index in [1.54, 1.807) is 24.3 Å². The predicted molar refractivity (Wildman–Crippen MR) is 61.6 cm³/mol. The first-order chi connectivity index (χ1) is 7.61. The molecule has 0 saturated carbocycles. The SMILES string of the molecule is O=C(NC[C@@H](O)CO)Nc1ccc(Cl)cc1. The van der Waals surface area contributed by atoms with Gasteiger partial charge in [0.2, 0.25) is 0 Å². The molecule has 1 rings (SSSR count). The van der Waals surface area contributed by atoms with Crippen molar-refractivity contribution in [3.63, 3.8) is 0 Å². The highest BCUT2D eigenvalue weighted by Crippen LogP contribution is 2.12. The Morgan fingerprint density at radius 2 is 2.00 bits per heavy atom. The maximum Gasteiger partial charge on any atom is 0.319 e. The Morgan fingerprint density at radius 1 is 1.38 bits per heavy atom. The molecule has 0 unspecified atom stereocenters. The minimum Gasteiger partial charge on any atom is -0.394 e. The first-order valence-corrected chi connectivity index (χ1v) is 5.09. The van der Waals surface area contributed by atoms with Gasteiger partial charge in [0.25, 0.3) is 0 Å². The van der Waals surface area contributed by atoms with Crippen LogP contribution in [0.4, 0.5) is 10.5 Å². The van der Waals surface area contributed by atoms with Gasteiger partial charge in [-0.25, -0.2) is 4.79 Å². The van der Waals surface area contributed by atoms with Crippen LogP contribution in [0.3, 0.4) is 0 Å². The number of benzene rings is 1. The molecule has 0 heterocycles. The maximum atomic E-state index is 11.3. The average molecular weight is 245 g/mol. The number of hydrogen-bond acceptors (Lipinski definition) is 3. The van der Waals surface area contributed by atoms with E-state index in [-0.39, 0.29) is 13.2 Å². The van der Waals surface area contributed by atoms with Crippen molar-refractivity contribution in [2.24, 2.45) is 0 Å². The average Bonchev–Trinajstić information content (AvgIpc) is 2.29. The van der Waals surface area contributed by atoms with Gasteiger partial charge < -0.3 is 20.8 Å². The molecule has 0 aromatic heterocycles. The smallest absolute Gasteiger partial charge is 0.319 e. The fraction of sp³-hybridized carbons (Fsp3) is 0.300. The Balaban J connectivity index is 2.37. The Kier molecular flexibility index (Phi) is 5.04. The summed E-state index contributed by atoms with van der Waals surface area (Å²) < 4.78 is 0. The second kappa shape index (κ2) is 6.32. The van der Waals surface area contributed by atoms with Crippen molar-refractivity contribution in [3.8, 4) is 0 Å². The number of aliphatic hydroxyl groups is 2. The number of aliphatic hydroxyl groups excluding tert-OH is 2. The lowest BCUT2D eigenvalue weighted by Crippen LogP contribution is -2.36. The van der Waals surface area contributed by atoms with Crippen molar-refractivity contribution in [2.75, 3.05) is 18.5 Å². The van der Waals surface area contributed by atoms with E-state index in [0.717, 1.165) is 0 Å². The van der Waals surface area contributed by atoms with Gasteiger partial charge in [-0.3, -0.25) is 0 Å². The van der Waals surface area contributed by atoms with Crippen LogP contribution in [0.15, 0.2) is 24.3 Å². The van der Waals surface area contributed by atoms with Gasteiger partial charge in [0, 0.05) is 17.3 Å². The lowest BCUT2D eigenvalue weighted by molar-refractivity contribution is 0.0965. The lowest BCUT2D eigenvalue weighted by Gasteiger charge is -2.10. The van der Waals surface area contributed by atoms with Crippen molar-refractivity contribution in [2.45, 2.75) is 6.10 Å². The van der Waals surface area contributed by atoms with E-state index < -0.39 is 12.1 Å². The highest BCUT2D eigenvalue weighted by Gasteiger charge is 2.05. The van der Waals surface area contributed by atoms with E-state index >= 15 is 0 Å². The molecule has 0 aliphatic carbocycles. The maximum absolute atomic E-state index is 11.3. The number of carbonyl (C=O) groups is 1. The molecule has 4 N–H and O–H groups in total. The van der Waals surface area contributed by atoms with Crippen molar-refractivity contribution >= 4 is 23.3 Å². The number of rotatable bonds is 4. The fourth-order valence-corrected chi connectivity index (χ4v) is 1.11. The summed E-state index contributed by atoms with van der Waals surface area (Å²) in [6.45, 7) is -0.392. The van der Waals surface area contributed by atoms with Crippen LogP contribution < -0.4 is 10.6 Å². The predicted octanol–water partition coefficient (Wildman–Crippen LogP) is 0.815. The number of halogens is 1. The number of amides is 2. The molecule has 2 amide bonds. The third-order valence-electron chi connectivity index (χ3n) is 1.81. The van der Waals surface area contributed by atoms with Crippen LogP contribution in [0.25, 0.3) is 0 Å². The Labute approximate surface area is 98.0 Å². The molecule has 1 atom stereocenters. The van der Waals surface area contributed by atoms with Gasteiger partial charge in [0.1, 0.15) is 0 Å². The Morgan fingerprint density at radius 3 is 2.56 bits per heavy atom. The van der Waals surface area contributed by atoms with Gasteiger partial charge >= 0.3 is 6.03 Å². The molecule has 1 aromatic rings. The standard InChI is InChI=1S/C10H13ClN2O3/c11-7-1-3-8(4-2-7)13-10(16)12-5-9(15)6-14/h1-4,9,14-15H,5-6H2,(H2,12,13,16)/t9-/m1/s1. The van der Waals surface area contributed by atoms with Crippen LogP contribution in [0, 0.1) is 0 Å². The van der Waals surface area contributed by atoms with Crippen molar-refractivity contribution in [3.05, 3.63) is 29.3 Å². The third kappa shape index (κ3) is 4.48. The number of urea groups is 1. The summed E-state index contributed by atoms with van der Waals surface area (Å²) in [5, 5.41) is 23.1. The van der Waals surface area contributed by atoms with Crippen LogP contribution in [-0.4, -0.2) is 35.5 Å². The van der Waals surface area contributed by atoms with E-state index in [4.69, 9.17) is 21.8 Å². The van der Waals surface area contributed by atoms with Gasteiger partial charge in [0.15, 0.2) is 0 Å². The number of anilines is 1. The Hall–Kier alpha value is -1.30. The number of nitrogens with one attached hydrogen (secondary N) is 2. The molecular formula is C10H13ClN2O3. The van der Waals surface area contributed by atoms with Gasteiger partial charge in [-0.2, -0.15) is 0 Å². The number of hydrogen-bond donors (Lipinski definition) is 4. The second-order valence-electron chi connectivity index (χ2n) is 3.18. The minimum atomic E-state index is -0.948. The van der Waals surface area contributed by atoms with Gasteiger partial charge in [-0.05, 0) is 24.3 Å². The fourth-order valence-electron chi connectivity index (χ4n) is 0.984. The number of carbonyl (C=O) groups excluding carboxylic acids is 1. The zero-order chi connectivity index (χ0) is 12.0. The third-order valence-corrected chi connectivity index (χ3v) is 2.06. The van der Waals surface area contributed by atoms with E-state index in [9.17, 15) is 4.79 Å². The van der Waals surface area contributed by atoms with Gasteiger partial charge in [0.05, 0.1) is 12.7 Å². The zero-order valence-corrected chi connectivity index (χ0v) is 9.24. The summed E-state index contributed by atoms with van der Waals surface area (Å²) in [7, 11) is 0. The molecule has 6 heteroatoms. The van der Waals surface area contributed by atoms with Crippen molar-refractivity contribution in [1.82, 2.24) is 5.32 Å². The van der Waals surface area contributed by atoms with Crippen LogP contribution >= 0.6 is 11.6 Å². The van der Waals surface area contributed by atoms with Gasteiger partial charge in [-0.1, -0.05) is 11.6 Å². The highest BCUT2D eigenvalue weighted by molar-refractivity contribution is 6.30. The second-order valence-corrected chi connectivity index (χ2v) is 3.61. The molecule has 1 aromatic carbocycles. The molecule has 0 saturated heterocycles. The van der Waals surface area contributed by atoms with Crippen LogP contribution in [0.5, 0.6) is 0 Å². The summed E-state index contributed by atoms with van der Waals surface area (Å²) in [5.41, 5.74) is 0.598. The van der Waals surface area contributed by atoms with Crippen LogP contribution in [0.1, 0.15) is 0 Å². The molecule has 0 fully saturated rings. The zero-order valence-electron chi connectivity index (χ0n) is 8.48. The molecule has 88 valence electrons. The molecule has 0 spiro atoms. The topological polar surface area (TPSA) is 81.6 Å². The summed E-state index contributed by atoms with van der Waals surface area (Å²) in [6, 6.07) is 6.17. The quantitative estimate of drug-likeness (QED) is 0.633. The largest absolute Gasteiger partial charge is 0.394 e. The first kappa shape index (κ1) is 12.8. The molecule has 0 radical (unpaired) electrons. The van der Waals surface area contributed by atoms with Gasteiger partial charge in [-0.15, -0.1) is 0 Å². The summed E-state index contributed by atoms with van der Waals surface area (Å²) in [4.78, 5) is 11.3. The first-order valence-electron chi connectivity index (χ1n) is 4.71. The molecule has 0 aliphatic rings. The summed E-state index contributed by atoms with van der Waals surface area (Å²) in [5.74, 6) is 0. The van der Waals surface area contributed by atoms with Crippen molar-refractivity contribution in [1.29, 1.82) is 0 Å². The lowest BCUT2D eigenvalue weighted by atomic mass is 10.3. The van der Waals surface area contributed by atoms with E-state index in [0.29, 0.717) is 10.7 Å². The highest BCUT2D eigenvalue weighted by atomic mass is 35.5. The molecule has 5 nitrogen and oxygen atoms in total. The van der Waals surface area contributed by atoms with E-state index in [1.165, 1.54) is 0 Å². The van der Waals surface area contributed by atoms with Crippen LogP contribution in [-0.2, 0) is 0 Å². The van der Waals surface area contributed by atoms with Crippen LogP contribution in [0.2, 0.25) is 5.02 Å². The van der Waals surface area contributed by atoms with E-state index in [1.807, 2.05) is 0 Å². The normalized spacial score (nSPS) is 11.9. The summed E-state index contributed by atoms with van der Waals surface area (Å²) in [6.07, 6.45) is -0.948.